The van der Waals surface area contributed by atoms with Crippen molar-refractivity contribution in [3.05, 3.63) is 28.2 Å². The Balaban J connectivity index is 2.06. The number of carbonyl (C=O) groups is 3. The van der Waals surface area contributed by atoms with E-state index in [4.69, 9.17) is 23.2 Å². The highest BCUT2D eigenvalue weighted by atomic mass is 35.5. The van der Waals surface area contributed by atoms with Crippen molar-refractivity contribution in [2.75, 3.05) is 31.5 Å². The van der Waals surface area contributed by atoms with Gasteiger partial charge in [-0.3, -0.25) is 14.4 Å². The Morgan fingerprint density at radius 2 is 1.79 bits per heavy atom. The number of benzene rings is 1. The average Bonchev–Trinajstić information content (AvgIpc) is 2.56. The van der Waals surface area contributed by atoms with E-state index in [9.17, 15) is 14.4 Å². The van der Waals surface area contributed by atoms with Crippen molar-refractivity contribution in [3.8, 4) is 0 Å². The molecular formula is C16H19Cl2N3O3. The maximum atomic E-state index is 12.7. The number of hydrogen-bond donors (Lipinski definition) is 1. The number of amides is 3. The summed E-state index contributed by atoms with van der Waals surface area (Å²) in [6.45, 7) is 4.90. The van der Waals surface area contributed by atoms with Gasteiger partial charge in [-0.15, -0.1) is 0 Å². The third kappa shape index (κ3) is 3.99. The van der Waals surface area contributed by atoms with E-state index in [1.807, 2.05) is 0 Å². The summed E-state index contributed by atoms with van der Waals surface area (Å²) in [6.07, 6.45) is 0.766. The van der Waals surface area contributed by atoms with Gasteiger partial charge in [-0.25, -0.2) is 0 Å². The second kappa shape index (κ2) is 7.40. The van der Waals surface area contributed by atoms with Crippen LogP contribution in [0.5, 0.6) is 0 Å². The molecule has 2 rings (SSSR count). The Labute approximate surface area is 150 Å². The van der Waals surface area contributed by atoms with Gasteiger partial charge in [0.1, 0.15) is 5.41 Å². The fourth-order valence-electron chi connectivity index (χ4n) is 2.39. The summed E-state index contributed by atoms with van der Waals surface area (Å²) in [4.78, 5) is 39.2. The Morgan fingerprint density at radius 1 is 1.17 bits per heavy atom. The molecule has 0 spiro atoms. The molecule has 1 saturated heterocycles. The maximum Gasteiger partial charge on any atom is 0.239 e. The molecule has 6 nitrogen and oxygen atoms in total. The van der Waals surface area contributed by atoms with Gasteiger partial charge in [0, 0.05) is 31.2 Å². The van der Waals surface area contributed by atoms with Crippen LogP contribution in [0.3, 0.4) is 0 Å². The Hall–Kier alpha value is -1.79. The molecule has 1 aliphatic heterocycles. The van der Waals surface area contributed by atoms with Crippen LogP contribution >= 0.6 is 23.2 Å². The first-order valence-corrected chi connectivity index (χ1v) is 8.26. The minimum Gasteiger partial charge on any atom is -0.342 e. The normalized spacial score (nSPS) is 15.2. The van der Waals surface area contributed by atoms with E-state index in [1.165, 1.54) is 6.07 Å². The lowest BCUT2D eigenvalue weighted by Crippen LogP contribution is -2.54. The predicted molar refractivity (Wildman–Crippen MR) is 93.1 cm³/mol. The van der Waals surface area contributed by atoms with Crippen LogP contribution in [0, 0.1) is 5.41 Å². The number of rotatable bonds is 4. The lowest BCUT2D eigenvalue weighted by molar-refractivity contribution is -0.148. The van der Waals surface area contributed by atoms with Crippen LogP contribution < -0.4 is 5.32 Å². The Morgan fingerprint density at radius 3 is 2.33 bits per heavy atom. The minimum atomic E-state index is -1.26. The molecule has 1 heterocycles. The zero-order chi connectivity index (χ0) is 17.9. The standard InChI is InChI=1S/C16H19Cl2N3O3/c1-16(2,15(24)21-7-5-20(10-22)6-8-21)14(23)19-13-4-3-11(17)9-12(13)18/h3-4,9-10H,5-8H2,1-2H3,(H,19,23). The summed E-state index contributed by atoms with van der Waals surface area (Å²) in [7, 11) is 0. The Bertz CT molecular complexity index is 656. The molecule has 0 atom stereocenters. The molecule has 0 aromatic heterocycles. The van der Waals surface area contributed by atoms with Crippen LogP contribution in [-0.2, 0) is 14.4 Å². The van der Waals surface area contributed by atoms with Gasteiger partial charge in [0.15, 0.2) is 0 Å². The van der Waals surface area contributed by atoms with Gasteiger partial charge in [-0.1, -0.05) is 23.2 Å². The maximum absolute atomic E-state index is 12.7. The molecule has 1 aromatic rings. The molecule has 0 bridgehead atoms. The van der Waals surface area contributed by atoms with Crippen molar-refractivity contribution in [1.82, 2.24) is 9.80 Å². The van der Waals surface area contributed by atoms with Gasteiger partial charge in [0.25, 0.3) is 0 Å². The van der Waals surface area contributed by atoms with Crippen LogP contribution in [-0.4, -0.2) is 54.2 Å². The molecule has 0 unspecified atom stereocenters. The number of nitrogens with one attached hydrogen (secondary N) is 1. The second-order valence-corrected chi connectivity index (χ2v) is 6.98. The molecule has 24 heavy (non-hydrogen) atoms. The topological polar surface area (TPSA) is 69.7 Å². The highest BCUT2D eigenvalue weighted by Gasteiger charge is 2.40. The molecule has 130 valence electrons. The van der Waals surface area contributed by atoms with E-state index < -0.39 is 11.3 Å². The quantitative estimate of drug-likeness (QED) is 0.651. The van der Waals surface area contributed by atoms with Gasteiger partial charge in [0.2, 0.25) is 18.2 Å². The number of anilines is 1. The number of nitrogens with zero attached hydrogens (tertiary/aromatic N) is 2. The summed E-state index contributed by atoms with van der Waals surface area (Å²) in [5.41, 5.74) is -0.857. The van der Waals surface area contributed by atoms with E-state index in [0.29, 0.717) is 41.9 Å². The number of halogens is 2. The van der Waals surface area contributed by atoms with Crippen LogP contribution in [0.4, 0.5) is 5.69 Å². The minimum absolute atomic E-state index is 0.282. The molecule has 0 saturated carbocycles. The summed E-state index contributed by atoms with van der Waals surface area (Å²) in [5, 5.41) is 3.44. The first-order chi connectivity index (χ1) is 11.3. The van der Waals surface area contributed by atoms with Crippen molar-refractivity contribution >= 4 is 47.1 Å². The van der Waals surface area contributed by atoms with Gasteiger partial charge < -0.3 is 15.1 Å². The van der Waals surface area contributed by atoms with Gasteiger partial charge in [-0.05, 0) is 32.0 Å². The zero-order valence-corrected chi connectivity index (χ0v) is 15.0. The molecule has 0 aliphatic carbocycles. The third-order valence-electron chi connectivity index (χ3n) is 4.03. The van der Waals surface area contributed by atoms with Gasteiger partial charge in [-0.2, -0.15) is 0 Å². The number of hydrogen-bond acceptors (Lipinski definition) is 3. The van der Waals surface area contributed by atoms with E-state index in [2.05, 4.69) is 5.32 Å². The molecule has 1 aromatic carbocycles. The fourth-order valence-corrected chi connectivity index (χ4v) is 2.85. The largest absolute Gasteiger partial charge is 0.342 e. The second-order valence-electron chi connectivity index (χ2n) is 6.14. The highest BCUT2D eigenvalue weighted by Crippen LogP contribution is 2.28. The molecular weight excluding hydrogens is 353 g/mol. The first-order valence-electron chi connectivity index (χ1n) is 7.51. The smallest absolute Gasteiger partial charge is 0.239 e. The van der Waals surface area contributed by atoms with E-state index >= 15 is 0 Å². The van der Waals surface area contributed by atoms with Crippen LogP contribution in [0.2, 0.25) is 10.0 Å². The Kier molecular flexibility index (Phi) is 5.72. The van der Waals surface area contributed by atoms with E-state index in [-0.39, 0.29) is 5.91 Å². The third-order valence-corrected chi connectivity index (χ3v) is 4.58. The summed E-state index contributed by atoms with van der Waals surface area (Å²) in [5.74, 6) is -0.731. The van der Waals surface area contributed by atoms with Crippen LogP contribution in [0.1, 0.15) is 13.8 Å². The number of piperazine rings is 1. The van der Waals surface area contributed by atoms with Gasteiger partial charge >= 0.3 is 0 Å². The van der Waals surface area contributed by atoms with Crippen molar-refractivity contribution in [1.29, 1.82) is 0 Å². The molecule has 1 aliphatic rings. The first kappa shape index (κ1) is 18.5. The van der Waals surface area contributed by atoms with Crippen LogP contribution in [0.25, 0.3) is 0 Å². The predicted octanol–water partition coefficient (Wildman–Crippen LogP) is 2.26. The molecule has 0 radical (unpaired) electrons. The van der Waals surface area contributed by atoms with Crippen LogP contribution in [0.15, 0.2) is 18.2 Å². The SMILES string of the molecule is CC(C)(C(=O)Nc1ccc(Cl)cc1Cl)C(=O)N1CCN(C=O)CC1. The molecule has 1 fully saturated rings. The molecule has 3 amide bonds. The van der Waals surface area contributed by atoms with E-state index in [0.717, 1.165) is 6.41 Å². The summed E-state index contributed by atoms with van der Waals surface area (Å²) >= 11 is 11.9. The van der Waals surface area contributed by atoms with E-state index in [1.54, 1.807) is 35.8 Å². The summed E-state index contributed by atoms with van der Waals surface area (Å²) in [6, 6.07) is 4.72. The van der Waals surface area contributed by atoms with Crippen molar-refractivity contribution < 1.29 is 14.4 Å². The number of carbonyl (C=O) groups excluding carboxylic acids is 3. The average molecular weight is 372 g/mol. The lowest BCUT2D eigenvalue weighted by Gasteiger charge is -2.36. The molecule has 1 N–H and O–H groups in total. The van der Waals surface area contributed by atoms with Crippen molar-refractivity contribution in [2.24, 2.45) is 5.41 Å². The lowest BCUT2D eigenvalue weighted by atomic mass is 9.89. The highest BCUT2D eigenvalue weighted by molar-refractivity contribution is 6.36. The van der Waals surface area contributed by atoms with Crippen molar-refractivity contribution in [3.63, 3.8) is 0 Å². The zero-order valence-electron chi connectivity index (χ0n) is 13.5. The van der Waals surface area contributed by atoms with Gasteiger partial charge in [0.05, 0.1) is 10.7 Å². The molecule has 8 heteroatoms. The summed E-state index contributed by atoms with van der Waals surface area (Å²) < 4.78 is 0. The van der Waals surface area contributed by atoms with Crippen molar-refractivity contribution in [2.45, 2.75) is 13.8 Å². The fraction of sp³-hybridized carbons (Fsp3) is 0.438. The monoisotopic (exact) mass is 371 g/mol.